The molecule has 2 heterocycles. The van der Waals surface area contributed by atoms with Crippen LogP contribution in [0.5, 0.6) is 5.75 Å². The summed E-state index contributed by atoms with van der Waals surface area (Å²) in [6.07, 6.45) is -0.195. The van der Waals surface area contributed by atoms with Crippen molar-refractivity contribution in [2.75, 3.05) is 39.8 Å². The average molecular weight is 507 g/mol. The van der Waals surface area contributed by atoms with E-state index in [2.05, 4.69) is 4.90 Å². The Hall–Kier alpha value is -1.94. The molecule has 0 bridgehead atoms. The number of halogens is 1. The van der Waals surface area contributed by atoms with E-state index in [1.165, 1.54) is 11.3 Å². The predicted octanol–water partition coefficient (Wildman–Crippen LogP) is 4.67. The Morgan fingerprint density at radius 2 is 1.82 bits per heavy atom. The largest absolute Gasteiger partial charge is 0.497 e. The topological polar surface area (TPSA) is 59.1 Å². The van der Waals surface area contributed by atoms with Crippen molar-refractivity contribution in [1.82, 2.24) is 9.21 Å². The second kappa shape index (κ2) is 11.0. The van der Waals surface area contributed by atoms with Gasteiger partial charge < -0.3 is 9.47 Å². The summed E-state index contributed by atoms with van der Waals surface area (Å²) in [5.41, 5.74) is 2.02. The molecule has 1 aromatic heterocycles. The highest BCUT2D eigenvalue weighted by Gasteiger charge is 2.30. The van der Waals surface area contributed by atoms with E-state index in [4.69, 9.17) is 21.1 Å². The van der Waals surface area contributed by atoms with E-state index in [-0.39, 0.29) is 6.10 Å². The molecule has 0 amide bonds. The SMILES string of the molecule is COc1cccc([C@H](CN2CCN(S(=O)(=O)c3cccs3)CC2)OCc2cccc(Cl)c2)c1. The number of hydrogen-bond donors (Lipinski definition) is 0. The van der Waals surface area contributed by atoms with Gasteiger partial charge in [0.25, 0.3) is 10.0 Å². The summed E-state index contributed by atoms with van der Waals surface area (Å²) in [6, 6.07) is 19.0. The molecule has 0 spiro atoms. The van der Waals surface area contributed by atoms with Gasteiger partial charge in [-0.25, -0.2) is 8.42 Å². The normalized spacial score (nSPS) is 16.5. The minimum absolute atomic E-state index is 0.195. The molecule has 3 aromatic rings. The molecule has 0 unspecified atom stereocenters. The fraction of sp³-hybridized carbons (Fsp3) is 0.333. The molecular formula is C24H27ClN2O4S2. The number of hydrogen-bond acceptors (Lipinski definition) is 6. The number of thiophene rings is 1. The molecule has 176 valence electrons. The summed E-state index contributed by atoms with van der Waals surface area (Å²) in [5.74, 6) is 0.774. The first-order chi connectivity index (χ1) is 16.0. The van der Waals surface area contributed by atoms with Gasteiger partial charge in [-0.3, -0.25) is 4.90 Å². The first-order valence-corrected chi connectivity index (χ1v) is 13.4. The first-order valence-electron chi connectivity index (χ1n) is 10.7. The van der Waals surface area contributed by atoms with E-state index in [9.17, 15) is 8.42 Å². The molecule has 1 saturated heterocycles. The lowest BCUT2D eigenvalue weighted by atomic mass is 10.1. The van der Waals surface area contributed by atoms with Gasteiger partial charge in [-0.05, 0) is 46.8 Å². The second-order valence-corrected chi connectivity index (χ2v) is 11.4. The van der Waals surface area contributed by atoms with Crippen molar-refractivity contribution in [2.24, 2.45) is 0 Å². The summed E-state index contributed by atoms with van der Waals surface area (Å²) >= 11 is 7.38. The summed E-state index contributed by atoms with van der Waals surface area (Å²) in [4.78, 5) is 2.25. The lowest BCUT2D eigenvalue weighted by Crippen LogP contribution is -2.49. The zero-order chi connectivity index (χ0) is 23.3. The molecule has 1 aliphatic rings. The highest BCUT2D eigenvalue weighted by atomic mass is 35.5. The van der Waals surface area contributed by atoms with Crippen molar-refractivity contribution in [3.05, 3.63) is 82.2 Å². The quantitative estimate of drug-likeness (QED) is 0.422. The molecule has 0 aliphatic carbocycles. The maximum absolute atomic E-state index is 12.8. The summed E-state index contributed by atoms with van der Waals surface area (Å²) < 4.78 is 39.4. The molecule has 6 nitrogen and oxygen atoms in total. The van der Waals surface area contributed by atoms with Crippen molar-refractivity contribution in [3.63, 3.8) is 0 Å². The lowest BCUT2D eigenvalue weighted by molar-refractivity contribution is 0.00764. The van der Waals surface area contributed by atoms with Crippen LogP contribution in [-0.4, -0.2) is 57.5 Å². The number of piperazine rings is 1. The highest BCUT2D eigenvalue weighted by molar-refractivity contribution is 7.91. The monoisotopic (exact) mass is 506 g/mol. The van der Waals surface area contributed by atoms with Crippen molar-refractivity contribution in [2.45, 2.75) is 16.9 Å². The fourth-order valence-corrected chi connectivity index (χ4v) is 6.62. The van der Waals surface area contributed by atoms with Gasteiger partial charge in [0.2, 0.25) is 0 Å². The van der Waals surface area contributed by atoms with Crippen LogP contribution in [0, 0.1) is 0 Å². The minimum Gasteiger partial charge on any atom is -0.497 e. The minimum atomic E-state index is -3.42. The molecule has 9 heteroatoms. The Kier molecular flexibility index (Phi) is 8.06. The van der Waals surface area contributed by atoms with Gasteiger partial charge in [-0.2, -0.15) is 4.31 Å². The summed E-state index contributed by atoms with van der Waals surface area (Å²) in [7, 11) is -1.77. The number of benzene rings is 2. The van der Waals surface area contributed by atoms with Crippen molar-refractivity contribution in [1.29, 1.82) is 0 Å². The van der Waals surface area contributed by atoms with Crippen LogP contribution in [-0.2, 0) is 21.4 Å². The van der Waals surface area contributed by atoms with Crippen LogP contribution in [0.3, 0.4) is 0 Å². The van der Waals surface area contributed by atoms with Crippen molar-refractivity contribution < 1.29 is 17.9 Å². The molecule has 0 radical (unpaired) electrons. The van der Waals surface area contributed by atoms with Crippen LogP contribution < -0.4 is 4.74 Å². The smallest absolute Gasteiger partial charge is 0.252 e. The Balaban J connectivity index is 1.44. The molecule has 1 aliphatic heterocycles. The Bertz CT molecular complexity index is 1150. The second-order valence-electron chi connectivity index (χ2n) is 7.84. The summed E-state index contributed by atoms with van der Waals surface area (Å²) in [5, 5.41) is 2.47. The highest BCUT2D eigenvalue weighted by Crippen LogP contribution is 2.27. The average Bonchev–Trinajstić information content (AvgIpc) is 3.38. The number of methoxy groups -OCH3 is 1. The van der Waals surface area contributed by atoms with E-state index in [0.29, 0.717) is 48.6 Å². The van der Waals surface area contributed by atoms with Crippen LogP contribution in [0.1, 0.15) is 17.2 Å². The number of sulfonamides is 1. The lowest BCUT2D eigenvalue weighted by Gasteiger charge is -2.35. The maximum atomic E-state index is 12.8. The molecule has 4 rings (SSSR count). The fourth-order valence-electron chi connectivity index (χ4n) is 3.84. The van der Waals surface area contributed by atoms with Gasteiger partial charge in [0.05, 0.1) is 19.8 Å². The summed E-state index contributed by atoms with van der Waals surface area (Å²) in [6.45, 7) is 3.28. The van der Waals surface area contributed by atoms with Crippen LogP contribution >= 0.6 is 22.9 Å². The van der Waals surface area contributed by atoms with Gasteiger partial charge in [0.15, 0.2) is 0 Å². The molecule has 0 saturated carbocycles. The maximum Gasteiger partial charge on any atom is 0.252 e. The van der Waals surface area contributed by atoms with Gasteiger partial charge in [-0.1, -0.05) is 41.9 Å². The van der Waals surface area contributed by atoms with Gasteiger partial charge >= 0.3 is 0 Å². The number of nitrogens with zero attached hydrogens (tertiary/aromatic N) is 2. The zero-order valence-corrected chi connectivity index (χ0v) is 20.8. The Morgan fingerprint density at radius 3 is 2.52 bits per heavy atom. The van der Waals surface area contributed by atoms with Crippen LogP contribution in [0.2, 0.25) is 5.02 Å². The van der Waals surface area contributed by atoms with E-state index < -0.39 is 10.0 Å². The molecule has 1 atom stereocenters. The van der Waals surface area contributed by atoms with E-state index in [0.717, 1.165) is 16.9 Å². The Labute approximate surface area is 204 Å². The number of rotatable bonds is 9. The molecule has 2 aromatic carbocycles. The van der Waals surface area contributed by atoms with E-state index >= 15 is 0 Å². The van der Waals surface area contributed by atoms with Gasteiger partial charge in [0.1, 0.15) is 9.96 Å². The van der Waals surface area contributed by atoms with E-state index in [1.807, 2.05) is 48.5 Å². The third-order valence-electron chi connectivity index (χ3n) is 5.65. The van der Waals surface area contributed by atoms with Crippen LogP contribution in [0.15, 0.2) is 70.3 Å². The zero-order valence-electron chi connectivity index (χ0n) is 18.4. The van der Waals surface area contributed by atoms with Crippen LogP contribution in [0.4, 0.5) is 0 Å². The Morgan fingerprint density at radius 1 is 1.03 bits per heavy atom. The van der Waals surface area contributed by atoms with Gasteiger partial charge in [-0.15, -0.1) is 11.3 Å². The third kappa shape index (κ3) is 6.15. The first kappa shape index (κ1) is 24.2. The van der Waals surface area contributed by atoms with E-state index in [1.54, 1.807) is 28.9 Å². The number of ether oxygens (including phenoxy) is 2. The molecule has 1 fully saturated rings. The van der Waals surface area contributed by atoms with Gasteiger partial charge in [0, 0.05) is 37.7 Å². The molecule has 33 heavy (non-hydrogen) atoms. The third-order valence-corrected chi connectivity index (χ3v) is 9.16. The van der Waals surface area contributed by atoms with Crippen molar-refractivity contribution in [3.8, 4) is 5.75 Å². The molecule has 0 N–H and O–H groups in total. The van der Waals surface area contributed by atoms with Crippen LogP contribution in [0.25, 0.3) is 0 Å². The molecular weight excluding hydrogens is 480 g/mol. The van der Waals surface area contributed by atoms with Crippen molar-refractivity contribution >= 4 is 33.0 Å². The standard InChI is InChI=1S/C24H27ClN2O4S2/c1-30-22-8-3-6-20(16-22)23(31-18-19-5-2-7-21(25)15-19)17-26-10-12-27(13-11-26)33(28,29)24-9-4-14-32-24/h2-9,14-16,23H,10-13,17-18H2,1H3/t23-/m0/s1. The predicted molar refractivity (Wildman–Crippen MR) is 131 cm³/mol.